The number of nitrogens with one attached hydrogen (secondary N) is 3. The third-order valence-electron chi connectivity index (χ3n) is 4.65. The number of hydrogen-bond acceptors (Lipinski definition) is 3. The number of guanidine groups is 1. The van der Waals surface area contributed by atoms with E-state index in [0.717, 1.165) is 16.5 Å². The summed E-state index contributed by atoms with van der Waals surface area (Å²) in [5.74, 6) is -0.594. The Balaban J connectivity index is 1.66. The van der Waals surface area contributed by atoms with Crippen LogP contribution in [0.2, 0.25) is 0 Å². The number of hydrogen-bond donors (Lipinski definition) is 5. The highest BCUT2D eigenvalue weighted by molar-refractivity contribution is 6.00. The van der Waals surface area contributed by atoms with Crippen LogP contribution in [0.3, 0.4) is 0 Å². The fourth-order valence-electron chi connectivity index (χ4n) is 3.11. The van der Waals surface area contributed by atoms with E-state index in [2.05, 4.69) is 20.6 Å². The molecule has 156 valence electrons. The molecule has 3 aromatic rings. The third kappa shape index (κ3) is 5.84. The van der Waals surface area contributed by atoms with Gasteiger partial charge in [0.25, 0.3) is 5.91 Å². The molecule has 1 aromatic heterocycles. The van der Waals surface area contributed by atoms with Gasteiger partial charge in [-0.05, 0) is 30.5 Å². The lowest BCUT2D eigenvalue weighted by molar-refractivity contribution is -0.123. The maximum atomic E-state index is 12.8. The summed E-state index contributed by atoms with van der Waals surface area (Å²) in [7, 11) is 0. The van der Waals surface area contributed by atoms with Crippen molar-refractivity contribution in [1.82, 2.24) is 15.6 Å². The normalized spacial score (nSPS) is 11.6. The number of rotatable bonds is 9. The van der Waals surface area contributed by atoms with Gasteiger partial charge < -0.3 is 27.1 Å². The van der Waals surface area contributed by atoms with Gasteiger partial charge in [-0.15, -0.1) is 0 Å². The second-order valence-electron chi connectivity index (χ2n) is 6.95. The van der Waals surface area contributed by atoms with Crippen LogP contribution in [-0.2, 0) is 11.3 Å². The van der Waals surface area contributed by atoms with E-state index < -0.39 is 6.04 Å². The van der Waals surface area contributed by atoms with Crippen LogP contribution in [-0.4, -0.2) is 35.3 Å². The number of amides is 2. The fraction of sp³-hybridized carbons (Fsp3) is 0.227. The Morgan fingerprint density at radius 2 is 1.77 bits per heavy atom. The molecule has 0 saturated heterocycles. The standard InChI is InChI=1S/C22H26N6O2/c23-22(24)25-12-6-11-18(20(29)26-14-15-7-2-1-3-8-15)28-21(30)19-13-16-9-4-5-10-17(16)27-19/h1-5,7-10,13,18,27H,6,11-12,14H2,(H,26,29)(H,28,30)(H4,23,24,25). The number of nitrogens with zero attached hydrogens (tertiary/aromatic N) is 1. The van der Waals surface area contributed by atoms with Crippen molar-refractivity contribution in [2.45, 2.75) is 25.4 Å². The third-order valence-corrected chi connectivity index (χ3v) is 4.65. The van der Waals surface area contributed by atoms with Crippen LogP contribution < -0.4 is 22.1 Å². The monoisotopic (exact) mass is 406 g/mol. The maximum absolute atomic E-state index is 12.8. The molecule has 1 unspecified atom stereocenters. The highest BCUT2D eigenvalue weighted by atomic mass is 16.2. The van der Waals surface area contributed by atoms with E-state index in [9.17, 15) is 9.59 Å². The van der Waals surface area contributed by atoms with Crippen molar-refractivity contribution in [1.29, 1.82) is 0 Å². The van der Waals surface area contributed by atoms with E-state index in [1.165, 1.54) is 0 Å². The molecule has 2 amide bonds. The molecule has 0 spiro atoms. The number of nitrogens with two attached hydrogens (primary N) is 2. The quantitative estimate of drug-likeness (QED) is 0.209. The Morgan fingerprint density at radius 1 is 1.03 bits per heavy atom. The van der Waals surface area contributed by atoms with Crippen LogP contribution in [0.4, 0.5) is 0 Å². The molecule has 8 heteroatoms. The minimum absolute atomic E-state index is 0.00203. The molecule has 30 heavy (non-hydrogen) atoms. The van der Waals surface area contributed by atoms with E-state index in [-0.39, 0.29) is 17.8 Å². The summed E-state index contributed by atoms with van der Waals surface area (Å²) >= 11 is 0. The molecule has 0 saturated carbocycles. The average molecular weight is 406 g/mol. The molecule has 0 aliphatic carbocycles. The number of benzene rings is 2. The number of aliphatic imine (C=N–C) groups is 1. The minimum Gasteiger partial charge on any atom is -0.370 e. The number of carbonyl (C=O) groups is 2. The van der Waals surface area contributed by atoms with Gasteiger partial charge in [-0.2, -0.15) is 0 Å². The van der Waals surface area contributed by atoms with Gasteiger partial charge in [0.1, 0.15) is 11.7 Å². The number of H-pyrrole nitrogens is 1. The molecular weight excluding hydrogens is 380 g/mol. The largest absolute Gasteiger partial charge is 0.370 e. The summed E-state index contributed by atoms with van der Waals surface area (Å²) in [6.45, 7) is 0.763. The first kappa shape index (κ1) is 20.9. The zero-order valence-corrected chi connectivity index (χ0v) is 16.6. The molecule has 0 bridgehead atoms. The van der Waals surface area contributed by atoms with Gasteiger partial charge in [0, 0.05) is 24.0 Å². The smallest absolute Gasteiger partial charge is 0.268 e. The van der Waals surface area contributed by atoms with Crippen LogP contribution in [0.1, 0.15) is 28.9 Å². The van der Waals surface area contributed by atoms with Crippen molar-refractivity contribution in [3.8, 4) is 0 Å². The summed E-state index contributed by atoms with van der Waals surface area (Å²) in [5, 5.41) is 6.64. The fourth-order valence-corrected chi connectivity index (χ4v) is 3.11. The van der Waals surface area contributed by atoms with Crippen LogP contribution in [0.15, 0.2) is 65.7 Å². The average Bonchev–Trinajstić information content (AvgIpc) is 3.19. The molecule has 0 aliphatic rings. The maximum Gasteiger partial charge on any atom is 0.268 e. The Bertz CT molecular complexity index is 991. The van der Waals surface area contributed by atoms with E-state index in [0.29, 0.717) is 31.6 Å². The van der Waals surface area contributed by atoms with Crippen molar-refractivity contribution in [3.63, 3.8) is 0 Å². The van der Waals surface area contributed by atoms with Crippen LogP contribution in [0.5, 0.6) is 0 Å². The highest BCUT2D eigenvalue weighted by Gasteiger charge is 2.22. The lowest BCUT2D eigenvalue weighted by Crippen LogP contribution is -2.46. The van der Waals surface area contributed by atoms with E-state index in [1.807, 2.05) is 54.6 Å². The summed E-state index contributed by atoms with van der Waals surface area (Å²) in [4.78, 5) is 32.5. The van der Waals surface area contributed by atoms with Gasteiger partial charge in [-0.3, -0.25) is 14.6 Å². The number of carbonyl (C=O) groups excluding carboxylic acids is 2. The van der Waals surface area contributed by atoms with Crippen molar-refractivity contribution >= 4 is 28.7 Å². The summed E-state index contributed by atoms with van der Waals surface area (Å²) in [6, 6.07) is 18.3. The van der Waals surface area contributed by atoms with E-state index in [1.54, 1.807) is 6.07 Å². The molecule has 0 radical (unpaired) electrons. The predicted molar refractivity (Wildman–Crippen MR) is 118 cm³/mol. The molecular formula is C22H26N6O2. The molecule has 1 atom stereocenters. The summed E-state index contributed by atoms with van der Waals surface area (Å²) < 4.78 is 0. The molecule has 0 fully saturated rings. The SMILES string of the molecule is NC(N)=NCCCC(NC(=O)c1cc2ccccc2[nH]1)C(=O)NCc1ccccc1. The summed E-state index contributed by atoms with van der Waals surface area (Å²) in [6.07, 6.45) is 0.956. The van der Waals surface area contributed by atoms with Crippen LogP contribution in [0.25, 0.3) is 10.9 Å². The van der Waals surface area contributed by atoms with Crippen LogP contribution in [0, 0.1) is 0 Å². The van der Waals surface area contributed by atoms with Crippen molar-refractivity contribution in [3.05, 3.63) is 71.9 Å². The van der Waals surface area contributed by atoms with Crippen molar-refractivity contribution in [2.75, 3.05) is 6.54 Å². The molecule has 2 aromatic carbocycles. The van der Waals surface area contributed by atoms with Crippen molar-refractivity contribution in [2.24, 2.45) is 16.5 Å². The lowest BCUT2D eigenvalue weighted by atomic mass is 10.1. The van der Waals surface area contributed by atoms with E-state index in [4.69, 9.17) is 11.5 Å². The first-order chi connectivity index (χ1) is 14.5. The summed E-state index contributed by atoms with van der Waals surface area (Å²) in [5.41, 5.74) is 12.9. The zero-order valence-electron chi connectivity index (χ0n) is 16.6. The van der Waals surface area contributed by atoms with Gasteiger partial charge in [-0.1, -0.05) is 48.5 Å². The predicted octanol–water partition coefficient (Wildman–Crippen LogP) is 1.64. The Labute approximate surface area is 174 Å². The molecule has 1 heterocycles. The first-order valence-electron chi connectivity index (χ1n) is 9.78. The Kier molecular flexibility index (Phi) is 7.05. The first-order valence-corrected chi connectivity index (χ1v) is 9.78. The van der Waals surface area contributed by atoms with Gasteiger partial charge >= 0.3 is 0 Å². The van der Waals surface area contributed by atoms with Gasteiger partial charge in [0.05, 0.1) is 0 Å². The molecule has 8 nitrogen and oxygen atoms in total. The van der Waals surface area contributed by atoms with E-state index >= 15 is 0 Å². The van der Waals surface area contributed by atoms with Gasteiger partial charge in [0.2, 0.25) is 5.91 Å². The van der Waals surface area contributed by atoms with Crippen LogP contribution >= 0.6 is 0 Å². The number of aromatic nitrogens is 1. The zero-order chi connectivity index (χ0) is 21.3. The van der Waals surface area contributed by atoms with Crippen molar-refractivity contribution < 1.29 is 9.59 Å². The number of aromatic amines is 1. The van der Waals surface area contributed by atoms with Gasteiger partial charge in [0.15, 0.2) is 5.96 Å². The number of fused-ring (bicyclic) bond motifs is 1. The molecule has 7 N–H and O–H groups in total. The Morgan fingerprint density at radius 3 is 2.50 bits per heavy atom. The molecule has 3 rings (SSSR count). The minimum atomic E-state index is -0.707. The van der Waals surface area contributed by atoms with Gasteiger partial charge in [-0.25, -0.2) is 0 Å². The Hall–Kier alpha value is -3.81. The second-order valence-corrected chi connectivity index (χ2v) is 6.95. The lowest BCUT2D eigenvalue weighted by Gasteiger charge is -2.18. The molecule has 0 aliphatic heterocycles. The number of para-hydroxylation sites is 1. The second kappa shape index (κ2) is 10.1. The highest BCUT2D eigenvalue weighted by Crippen LogP contribution is 2.15. The topological polar surface area (TPSA) is 138 Å².